The summed E-state index contributed by atoms with van der Waals surface area (Å²) < 4.78 is 5.75. The summed E-state index contributed by atoms with van der Waals surface area (Å²) in [7, 11) is 0. The lowest BCUT2D eigenvalue weighted by Crippen LogP contribution is -2.36. The summed E-state index contributed by atoms with van der Waals surface area (Å²) in [5, 5.41) is 12.3. The van der Waals surface area contributed by atoms with E-state index in [2.05, 4.69) is 5.32 Å². The average Bonchev–Trinajstić information content (AvgIpc) is 2.61. The number of benzene rings is 2. The largest absolute Gasteiger partial charge is 0.491 e. The van der Waals surface area contributed by atoms with E-state index in [0.29, 0.717) is 5.75 Å². The quantitative estimate of drug-likeness (QED) is 0.759. The highest BCUT2D eigenvalue weighted by atomic mass is 16.5. The minimum atomic E-state index is -0.956. The predicted molar refractivity (Wildman–Crippen MR) is 100 cm³/mol. The Kier molecular flexibility index (Phi) is 6.78. The summed E-state index contributed by atoms with van der Waals surface area (Å²) in [5.74, 6) is -1.28. The van der Waals surface area contributed by atoms with Gasteiger partial charge in [-0.15, -0.1) is 0 Å². The van der Waals surface area contributed by atoms with E-state index >= 15 is 0 Å². The molecule has 0 radical (unpaired) electrons. The van der Waals surface area contributed by atoms with E-state index in [4.69, 9.17) is 4.74 Å². The van der Waals surface area contributed by atoms with Crippen LogP contribution in [0.2, 0.25) is 0 Å². The number of para-hydroxylation sites is 1. The Labute approximate surface area is 154 Å². The number of nitrogens with one attached hydrogen (secondary N) is 1. The molecule has 0 aliphatic rings. The van der Waals surface area contributed by atoms with Crippen molar-refractivity contribution in [3.05, 3.63) is 65.7 Å². The van der Waals surface area contributed by atoms with Gasteiger partial charge in [0.25, 0.3) is 0 Å². The van der Waals surface area contributed by atoms with Gasteiger partial charge >= 0.3 is 5.97 Å². The standard InChI is InChI=1S/C21H25NO4/c1-14(2)26-18-12-8-7-11-17(18)13-19(23)22-20(15(3)21(24)25)16-9-5-4-6-10-16/h4-12,14-15,20H,13H2,1-3H3,(H,22,23)(H,24,25). The Balaban J connectivity index is 2.17. The molecule has 26 heavy (non-hydrogen) atoms. The van der Waals surface area contributed by atoms with Crippen molar-refractivity contribution < 1.29 is 19.4 Å². The third-order valence-corrected chi connectivity index (χ3v) is 4.05. The lowest BCUT2D eigenvalue weighted by atomic mass is 9.94. The van der Waals surface area contributed by atoms with Gasteiger partial charge < -0.3 is 15.2 Å². The van der Waals surface area contributed by atoms with Crippen molar-refractivity contribution in [2.24, 2.45) is 5.92 Å². The van der Waals surface area contributed by atoms with Gasteiger partial charge in [-0.2, -0.15) is 0 Å². The van der Waals surface area contributed by atoms with Crippen LogP contribution in [0, 0.1) is 5.92 Å². The Bertz CT molecular complexity index is 743. The fourth-order valence-electron chi connectivity index (χ4n) is 2.72. The molecule has 0 saturated carbocycles. The number of carboxylic acid groups (broad SMARTS) is 1. The summed E-state index contributed by atoms with van der Waals surface area (Å²) in [4.78, 5) is 24.1. The van der Waals surface area contributed by atoms with Crippen LogP contribution < -0.4 is 10.1 Å². The summed E-state index contributed by atoms with van der Waals surface area (Å²) in [6.07, 6.45) is 0.127. The van der Waals surface area contributed by atoms with Crippen LogP contribution in [0.1, 0.15) is 37.9 Å². The zero-order chi connectivity index (χ0) is 19.1. The highest BCUT2D eigenvalue weighted by Crippen LogP contribution is 2.24. The molecule has 2 N–H and O–H groups in total. The van der Waals surface area contributed by atoms with E-state index in [1.165, 1.54) is 0 Å². The van der Waals surface area contributed by atoms with Crippen LogP contribution in [0.15, 0.2) is 54.6 Å². The fraction of sp³-hybridized carbons (Fsp3) is 0.333. The first kappa shape index (κ1) is 19.5. The Morgan fingerprint density at radius 3 is 2.23 bits per heavy atom. The van der Waals surface area contributed by atoms with E-state index in [-0.39, 0.29) is 18.4 Å². The molecule has 0 spiro atoms. The zero-order valence-electron chi connectivity index (χ0n) is 15.3. The normalized spacial score (nSPS) is 13.1. The smallest absolute Gasteiger partial charge is 0.308 e. The maximum atomic E-state index is 12.6. The molecule has 0 bridgehead atoms. The number of aliphatic carboxylic acids is 1. The van der Waals surface area contributed by atoms with Crippen molar-refractivity contribution in [1.82, 2.24) is 5.32 Å². The molecule has 138 valence electrons. The van der Waals surface area contributed by atoms with Gasteiger partial charge in [0.05, 0.1) is 24.5 Å². The molecule has 2 atom stereocenters. The van der Waals surface area contributed by atoms with Crippen LogP contribution >= 0.6 is 0 Å². The molecule has 0 aliphatic carbocycles. The molecule has 2 rings (SSSR count). The lowest BCUT2D eigenvalue weighted by Gasteiger charge is -2.23. The first-order chi connectivity index (χ1) is 12.4. The van der Waals surface area contributed by atoms with Crippen molar-refractivity contribution >= 4 is 11.9 Å². The number of rotatable bonds is 8. The SMILES string of the molecule is CC(C)Oc1ccccc1CC(=O)NC(c1ccccc1)C(C)C(=O)O. The molecule has 0 saturated heterocycles. The maximum absolute atomic E-state index is 12.6. The minimum Gasteiger partial charge on any atom is -0.491 e. The second kappa shape index (κ2) is 9.04. The maximum Gasteiger partial charge on any atom is 0.308 e. The molecule has 0 heterocycles. The molecule has 0 fully saturated rings. The molecule has 0 aromatic heterocycles. The minimum absolute atomic E-state index is 0.00307. The monoisotopic (exact) mass is 355 g/mol. The number of hydrogen-bond acceptors (Lipinski definition) is 3. The van der Waals surface area contributed by atoms with Gasteiger partial charge in [0.15, 0.2) is 0 Å². The lowest BCUT2D eigenvalue weighted by molar-refractivity contribution is -0.142. The first-order valence-electron chi connectivity index (χ1n) is 8.70. The van der Waals surface area contributed by atoms with Gasteiger partial charge in [0.1, 0.15) is 5.75 Å². The Hall–Kier alpha value is -2.82. The number of carboxylic acids is 1. The summed E-state index contributed by atoms with van der Waals surface area (Å²) in [6, 6.07) is 15.9. The van der Waals surface area contributed by atoms with E-state index in [1.54, 1.807) is 6.92 Å². The van der Waals surface area contributed by atoms with Gasteiger partial charge in [-0.05, 0) is 32.4 Å². The van der Waals surface area contributed by atoms with Gasteiger partial charge in [-0.1, -0.05) is 48.5 Å². The third-order valence-electron chi connectivity index (χ3n) is 4.05. The molecular weight excluding hydrogens is 330 g/mol. The number of ether oxygens (including phenoxy) is 1. The van der Waals surface area contributed by atoms with Gasteiger partial charge in [-0.3, -0.25) is 9.59 Å². The van der Waals surface area contributed by atoms with Crippen LogP contribution in [0.5, 0.6) is 5.75 Å². The number of carbonyl (C=O) groups is 2. The van der Waals surface area contributed by atoms with Gasteiger partial charge in [-0.25, -0.2) is 0 Å². The van der Waals surface area contributed by atoms with Gasteiger partial charge in [0.2, 0.25) is 5.91 Å². The summed E-state index contributed by atoms with van der Waals surface area (Å²) >= 11 is 0. The van der Waals surface area contributed by atoms with Crippen molar-refractivity contribution in [3.63, 3.8) is 0 Å². The van der Waals surface area contributed by atoms with E-state index in [1.807, 2.05) is 68.4 Å². The van der Waals surface area contributed by atoms with E-state index in [0.717, 1.165) is 11.1 Å². The number of hydrogen-bond donors (Lipinski definition) is 2. The fourth-order valence-corrected chi connectivity index (χ4v) is 2.72. The van der Waals surface area contributed by atoms with Crippen LogP contribution in [0.25, 0.3) is 0 Å². The van der Waals surface area contributed by atoms with E-state index < -0.39 is 17.9 Å². The zero-order valence-corrected chi connectivity index (χ0v) is 15.3. The van der Waals surface area contributed by atoms with Crippen molar-refractivity contribution in [3.8, 4) is 5.75 Å². The summed E-state index contributed by atoms with van der Waals surface area (Å²) in [5.41, 5.74) is 1.54. The van der Waals surface area contributed by atoms with Crippen LogP contribution in [-0.4, -0.2) is 23.1 Å². The molecule has 2 unspecified atom stereocenters. The Morgan fingerprint density at radius 1 is 1.00 bits per heavy atom. The molecule has 5 nitrogen and oxygen atoms in total. The van der Waals surface area contributed by atoms with Crippen molar-refractivity contribution in [1.29, 1.82) is 0 Å². The first-order valence-corrected chi connectivity index (χ1v) is 8.70. The average molecular weight is 355 g/mol. The second-order valence-corrected chi connectivity index (χ2v) is 6.53. The molecule has 2 aromatic rings. The highest BCUT2D eigenvalue weighted by molar-refractivity contribution is 5.81. The van der Waals surface area contributed by atoms with E-state index in [9.17, 15) is 14.7 Å². The number of amides is 1. The van der Waals surface area contributed by atoms with Crippen molar-refractivity contribution in [2.45, 2.75) is 39.3 Å². The molecule has 0 aliphatic heterocycles. The summed E-state index contributed by atoms with van der Waals surface area (Å²) in [6.45, 7) is 5.45. The predicted octanol–water partition coefficient (Wildman–Crippen LogP) is 3.59. The van der Waals surface area contributed by atoms with Crippen molar-refractivity contribution in [2.75, 3.05) is 0 Å². The molecule has 5 heteroatoms. The number of carbonyl (C=O) groups excluding carboxylic acids is 1. The second-order valence-electron chi connectivity index (χ2n) is 6.53. The van der Waals surface area contributed by atoms with Crippen LogP contribution in [0.3, 0.4) is 0 Å². The van der Waals surface area contributed by atoms with Crippen LogP contribution in [0.4, 0.5) is 0 Å². The molecular formula is C21H25NO4. The third kappa shape index (κ3) is 5.34. The van der Waals surface area contributed by atoms with Gasteiger partial charge in [0, 0.05) is 5.56 Å². The van der Waals surface area contributed by atoms with Crippen LogP contribution in [-0.2, 0) is 16.0 Å². The molecule has 2 aromatic carbocycles. The molecule has 1 amide bonds. The topological polar surface area (TPSA) is 75.6 Å². The Morgan fingerprint density at radius 2 is 1.62 bits per heavy atom. The highest BCUT2D eigenvalue weighted by Gasteiger charge is 2.27.